The average Bonchev–Trinajstić information content (AvgIpc) is 2.85. The van der Waals surface area contributed by atoms with Crippen molar-refractivity contribution in [2.75, 3.05) is 26.7 Å². The van der Waals surface area contributed by atoms with Crippen LogP contribution < -0.4 is 10.6 Å². The van der Waals surface area contributed by atoms with Crippen LogP contribution in [0.25, 0.3) is 0 Å². The molecule has 126 valence electrons. The van der Waals surface area contributed by atoms with E-state index in [4.69, 9.17) is 0 Å². The van der Waals surface area contributed by atoms with Crippen LogP contribution in [0.4, 0.5) is 4.79 Å². The topological polar surface area (TPSA) is 64.6 Å². The molecule has 1 aromatic rings. The third-order valence-corrected chi connectivity index (χ3v) is 5.17. The standard InChI is InChI=1S/C18H27N3O2/c1-21-10-7-13(8-11-21)6-9-19-18(23)20-17-15-5-3-2-4-14(15)12-16(17)22/h2-5,13,16-17,22H,6-12H2,1H3,(H2,19,20,23)/t16-,17+/m0/s1. The number of hydrogen-bond donors (Lipinski definition) is 3. The van der Waals surface area contributed by atoms with Crippen LogP contribution >= 0.6 is 0 Å². The van der Waals surface area contributed by atoms with E-state index in [-0.39, 0.29) is 12.1 Å². The molecule has 2 aliphatic rings. The zero-order valence-electron chi connectivity index (χ0n) is 13.8. The molecule has 1 saturated heterocycles. The van der Waals surface area contributed by atoms with Crippen LogP contribution in [0, 0.1) is 5.92 Å². The number of fused-ring (bicyclic) bond motifs is 1. The molecule has 0 spiro atoms. The molecule has 1 aliphatic heterocycles. The van der Waals surface area contributed by atoms with Crippen molar-refractivity contribution in [1.82, 2.24) is 15.5 Å². The summed E-state index contributed by atoms with van der Waals surface area (Å²) in [4.78, 5) is 14.5. The Labute approximate surface area is 138 Å². The smallest absolute Gasteiger partial charge is 0.315 e. The molecule has 0 bridgehead atoms. The second-order valence-electron chi connectivity index (χ2n) is 6.88. The summed E-state index contributed by atoms with van der Waals surface area (Å²) in [5.74, 6) is 0.712. The number of carbonyl (C=O) groups excluding carboxylic acids is 1. The van der Waals surface area contributed by atoms with Crippen molar-refractivity contribution in [2.24, 2.45) is 5.92 Å². The van der Waals surface area contributed by atoms with Gasteiger partial charge >= 0.3 is 6.03 Å². The molecule has 2 amide bonds. The fourth-order valence-electron chi connectivity index (χ4n) is 3.68. The lowest BCUT2D eigenvalue weighted by atomic mass is 9.94. The third-order valence-electron chi connectivity index (χ3n) is 5.17. The van der Waals surface area contributed by atoms with Crippen molar-refractivity contribution >= 4 is 6.03 Å². The van der Waals surface area contributed by atoms with Crippen LogP contribution in [0.1, 0.15) is 36.4 Å². The molecule has 2 atom stereocenters. The Morgan fingerprint density at radius 1 is 1.30 bits per heavy atom. The summed E-state index contributed by atoms with van der Waals surface area (Å²) in [6.45, 7) is 3.01. The highest BCUT2D eigenvalue weighted by molar-refractivity contribution is 5.74. The molecule has 23 heavy (non-hydrogen) atoms. The molecule has 3 N–H and O–H groups in total. The Kier molecular flexibility index (Phi) is 5.18. The van der Waals surface area contributed by atoms with Crippen LogP contribution in [0.3, 0.4) is 0 Å². The predicted molar refractivity (Wildman–Crippen MR) is 90.3 cm³/mol. The number of benzene rings is 1. The first-order valence-corrected chi connectivity index (χ1v) is 8.62. The number of carbonyl (C=O) groups is 1. The second-order valence-corrected chi connectivity index (χ2v) is 6.88. The Morgan fingerprint density at radius 3 is 2.83 bits per heavy atom. The van der Waals surface area contributed by atoms with Gasteiger partial charge in [0.2, 0.25) is 0 Å². The van der Waals surface area contributed by atoms with Crippen molar-refractivity contribution in [3.8, 4) is 0 Å². The monoisotopic (exact) mass is 317 g/mol. The third kappa shape index (κ3) is 4.03. The molecule has 0 unspecified atom stereocenters. The molecule has 3 rings (SSSR count). The quantitative estimate of drug-likeness (QED) is 0.791. The predicted octanol–water partition coefficient (Wildman–Crippen LogP) is 1.68. The second kappa shape index (κ2) is 7.32. The zero-order valence-corrected chi connectivity index (χ0v) is 13.8. The van der Waals surface area contributed by atoms with Crippen LogP contribution in [0.15, 0.2) is 24.3 Å². The van der Waals surface area contributed by atoms with Gasteiger partial charge in [0.1, 0.15) is 0 Å². The van der Waals surface area contributed by atoms with E-state index in [0.717, 1.165) is 30.6 Å². The molecule has 5 nitrogen and oxygen atoms in total. The maximum atomic E-state index is 12.1. The molecular weight excluding hydrogens is 290 g/mol. The lowest BCUT2D eigenvalue weighted by molar-refractivity contribution is 0.142. The molecular formula is C18H27N3O2. The van der Waals surface area contributed by atoms with E-state index in [1.165, 1.54) is 12.8 Å². The van der Waals surface area contributed by atoms with Crippen molar-refractivity contribution < 1.29 is 9.90 Å². The van der Waals surface area contributed by atoms with Gasteiger partial charge < -0.3 is 20.6 Å². The lowest BCUT2D eigenvalue weighted by Gasteiger charge is -2.29. The molecule has 0 aromatic heterocycles. The number of aliphatic hydroxyl groups excluding tert-OH is 1. The maximum absolute atomic E-state index is 12.1. The highest BCUT2D eigenvalue weighted by Gasteiger charge is 2.31. The SMILES string of the molecule is CN1CCC(CCNC(=O)N[C@@H]2c3ccccc3C[C@@H]2O)CC1. The number of rotatable bonds is 4. The van der Waals surface area contributed by atoms with E-state index in [2.05, 4.69) is 22.6 Å². The maximum Gasteiger partial charge on any atom is 0.315 e. The summed E-state index contributed by atoms with van der Waals surface area (Å²) < 4.78 is 0. The minimum Gasteiger partial charge on any atom is -0.390 e. The van der Waals surface area contributed by atoms with Crippen molar-refractivity contribution in [3.63, 3.8) is 0 Å². The molecule has 0 saturated carbocycles. The summed E-state index contributed by atoms with van der Waals surface area (Å²) in [6, 6.07) is 7.43. The first-order valence-electron chi connectivity index (χ1n) is 8.62. The number of urea groups is 1. The minimum absolute atomic E-state index is 0.182. The normalized spacial score (nSPS) is 25.1. The molecule has 5 heteroatoms. The largest absolute Gasteiger partial charge is 0.390 e. The highest BCUT2D eigenvalue weighted by atomic mass is 16.3. The van der Waals surface area contributed by atoms with Gasteiger partial charge in [0.25, 0.3) is 0 Å². The van der Waals surface area contributed by atoms with Crippen LogP contribution in [0.2, 0.25) is 0 Å². The summed E-state index contributed by atoms with van der Waals surface area (Å²) in [7, 11) is 2.16. The van der Waals surface area contributed by atoms with Gasteiger partial charge in [-0.2, -0.15) is 0 Å². The van der Waals surface area contributed by atoms with Crippen LogP contribution in [-0.2, 0) is 6.42 Å². The number of piperidine rings is 1. The van der Waals surface area contributed by atoms with E-state index in [0.29, 0.717) is 18.9 Å². The van der Waals surface area contributed by atoms with E-state index < -0.39 is 6.10 Å². The van der Waals surface area contributed by atoms with Crippen LogP contribution in [-0.4, -0.2) is 48.8 Å². The number of hydrogen-bond acceptors (Lipinski definition) is 3. The van der Waals surface area contributed by atoms with Crippen LogP contribution in [0.5, 0.6) is 0 Å². The molecule has 1 aliphatic carbocycles. The Bertz CT molecular complexity index is 541. The van der Waals surface area contributed by atoms with Gasteiger partial charge in [-0.15, -0.1) is 0 Å². The minimum atomic E-state index is -0.535. The van der Waals surface area contributed by atoms with Gasteiger partial charge in [-0.1, -0.05) is 24.3 Å². The van der Waals surface area contributed by atoms with Gasteiger partial charge in [-0.3, -0.25) is 0 Å². The first kappa shape index (κ1) is 16.3. The number of amides is 2. The molecule has 1 fully saturated rings. The number of nitrogens with one attached hydrogen (secondary N) is 2. The number of likely N-dealkylation sites (tertiary alicyclic amines) is 1. The van der Waals surface area contributed by atoms with Gasteiger partial charge in [-0.05, 0) is 56.4 Å². The molecule has 1 aromatic carbocycles. The van der Waals surface area contributed by atoms with Gasteiger partial charge in [0.05, 0.1) is 12.1 Å². The van der Waals surface area contributed by atoms with Crippen molar-refractivity contribution in [2.45, 2.75) is 37.8 Å². The summed E-state index contributed by atoms with van der Waals surface area (Å²) >= 11 is 0. The summed E-state index contributed by atoms with van der Waals surface area (Å²) in [5, 5.41) is 16.0. The Hall–Kier alpha value is -1.59. The van der Waals surface area contributed by atoms with E-state index in [1.54, 1.807) is 0 Å². The summed E-state index contributed by atoms with van der Waals surface area (Å²) in [5.41, 5.74) is 2.15. The van der Waals surface area contributed by atoms with Crippen molar-refractivity contribution in [3.05, 3.63) is 35.4 Å². The van der Waals surface area contributed by atoms with E-state index >= 15 is 0 Å². The van der Waals surface area contributed by atoms with Crippen molar-refractivity contribution in [1.29, 1.82) is 0 Å². The molecule has 1 heterocycles. The first-order chi connectivity index (χ1) is 11.1. The fourth-order valence-corrected chi connectivity index (χ4v) is 3.68. The van der Waals surface area contributed by atoms with E-state index in [1.807, 2.05) is 24.3 Å². The number of nitrogens with zero attached hydrogens (tertiary/aromatic N) is 1. The molecule has 0 radical (unpaired) electrons. The lowest BCUT2D eigenvalue weighted by Crippen LogP contribution is -2.41. The number of aliphatic hydroxyl groups is 1. The van der Waals surface area contributed by atoms with Gasteiger partial charge in [0, 0.05) is 13.0 Å². The Balaban J connectivity index is 1.43. The summed E-state index contributed by atoms with van der Waals surface area (Å²) in [6.07, 6.45) is 3.54. The van der Waals surface area contributed by atoms with Gasteiger partial charge in [0.15, 0.2) is 0 Å². The Morgan fingerprint density at radius 2 is 2.04 bits per heavy atom. The fraction of sp³-hybridized carbons (Fsp3) is 0.611. The highest BCUT2D eigenvalue weighted by Crippen LogP contribution is 2.31. The zero-order chi connectivity index (χ0) is 16.2. The van der Waals surface area contributed by atoms with Gasteiger partial charge in [-0.25, -0.2) is 4.79 Å². The van der Waals surface area contributed by atoms with E-state index in [9.17, 15) is 9.90 Å². The average molecular weight is 317 g/mol.